The Morgan fingerprint density at radius 1 is 1.36 bits per heavy atom. The summed E-state index contributed by atoms with van der Waals surface area (Å²) in [5.74, 6) is 0.651. The van der Waals surface area contributed by atoms with Crippen molar-refractivity contribution in [3.8, 4) is 0 Å². The number of nitrogens with one attached hydrogen (secondary N) is 1. The molecular formula is C11H24N2S. The summed E-state index contributed by atoms with van der Waals surface area (Å²) in [7, 11) is 0. The van der Waals surface area contributed by atoms with Crippen molar-refractivity contribution >= 4 is 17.3 Å². The Kier molecular flexibility index (Phi) is 7.86. The normalized spacial score (nSPS) is 10.4. The highest BCUT2D eigenvalue weighted by molar-refractivity contribution is 7.80. The summed E-state index contributed by atoms with van der Waals surface area (Å²) in [6.07, 6.45) is 2.45. The third-order valence-electron chi connectivity index (χ3n) is 2.11. The van der Waals surface area contributed by atoms with Gasteiger partial charge in [-0.1, -0.05) is 27.2 Å². The van der Waals surface area contributed by atoms with Crippen molar-refractivity contribution in [3.63, 3.8) is 0 Å². The van der Waals surface area contributed by atoms with Crippen LogP contribution in [0.1, 0.15) is 40.5 Å². The first kappa shape index (κ1) is 13.7. The predicted molar refractivity (Wildman–Crippen MR) is 67.6 cm³/mol. The zero-order chi connectivity index (χ0) is 11.0. The minimum absolute atomic E-state index is 0.651. The highest BCUT2D eigenvalue weighted by atomic mass is 32.1. The van der Waals surface area contributed by atoms with Crippen LogP contribution in [0.3, 0.4) is 0 Å². The number of hydrogen-bond donors (Lipinski definition) is 1. The summed E-state index contributed by atoms with van der Waals surface area (Å²) in [5, 5.41) is 4.21. The maximum absolute atomic E-state index is 5.32. The highest BCUT2D eigenvalue weighted by Gasteiger charge is 2.06. The van der Waals surface area contributed by atoms with Crippen molar-refractivity contribution in [2.24, 2.45) is 5.92 Å². The van der Waals surface area contributed by atoms with E-state index in [1.807, 2.05) is 0 Å². The first-order valence-electron chi connectivity index (χ1n) is 5.64. The fourth-order valence-corrected chi connectivity index (χ4v) is 1.46. The lowest BCUT2D eigenvalue weighted by Crippen LogP contribution is -2.41. The summed E-state index contributed by atoms with van der Waals surface area (Å²) in [6, 6.07) is 0. The van der Waals surface area contributed by atoms with Gasteiger partial charge in [0, 0.05) is 19.6 Å². The molecule has 0 aromatic carbocycles. The standard InChI is InChI=1S/C11H24N2S/c1-5-7-8-13(6-2)11(14)12-9-10(3)4/h10H,5-9H2,1-4H3,(H,12,14). The molecule has 84 valence electrons. The van der Waals surface area contributed by atoms with E-state index in [4.69, 9.17) is 12.2 Å². The molecule has 0 radical (unpaired) electrons. The number of hydrogen-bond acceptors (Lipinski definition) is 1. The van der Waals surface area contributed by atoms with Gasteiger partial charge >= 0.3 is 0 Å². The van der Waals surface area contributed by atoms with E-state index in [0.29, 0.717) is 5.92 Å². The van der Waals surface area contributed by atoms with Gasteiger partial charge in [-0.2, -0.15) is 0 Å². The maximum atomic E-state index is 5.32. The van der Waals surface area contributed by atoms with Crippen LogP contribution in [0.15, 0.2) is 0 Å². The van der Waals surface area contributed by atoms with E-state index in [1.54, 1.807) is 0 Å². The number of rotatable bonds is 6. The van der Waals surface area contributed by atoms with E-state index in [2.05, 4.69) is 37.9 Å². The van der Waals surface area contributed by atoms with Crippen LogP contribution in [-0.4, -0.2) is 29.6 Å². The quantitative estimate of drug-likeness (QED) is 0.687. The molecule has 3 heteroatoms. The Morgan fingerprint density at radius 2 is 2.00 bits per heavy atom. The Balaban J connectivity index is 3.79. The Labute approximate surface area is 94.1 Å². The third kappa shape index (κ3) is 6.19. The smallest absolute Gasteiger partial charge is 0.168 e. The fraction of sp³-hybridized carbons (Fsp3) is 0.909. The summed E-state index contributed by atoms with van der Waals surface area (Å²) in [5.41, 5.74) is 0. The van der Waals surface area contributed by atoms with Crippen molar-refractivity contribution in [3.05, 3.63) is 0 Å². The molecule has 0 aliphatic heterocycles. The fourth-order valence-electron chi connectivity index (χ4n) is 1.16. The van der Waals surface area contributed by atoms with Gasteiger partial charge in [0.15, 0.2) is 5.11 Å². The second kappa shape index (κ2) is 8.04. The van der Waals surface area contributed by atoms with E-state index in [0.717, 1.165) is 24.7 Å². The summed E-state index contributed by atoms with van der Waals surface area (Å²) in [4.78, 5) is 2.24. The van der Waals surface area contributed by atoms with Crippen molar-refractivity contribution in [1.29, 1.82) is 0 Å². The molecule has 0 spiro atoms. The van der Waals surface area contributed by atoms with Crippen LogP contribution in [0.2, 0.25) is 0 Å². The van der Waals surface area contributed by atoms with Crippen molar-refractivity contribution < 1.29 is 0 Å². The lowest BCUT2D eigenvalue weighted by molar-refractivity contribution is 0.417. The van der Waals surface area contributed by atoms with Crippen LogP contribution >= 0.6 is 12.2 Å². The molecule has 0 aliphatic rings. The van der Waals surface area contributed by atoms with Gasteiger partial charge in [0.2, 0.25) is 0 Å². The molecule has 1 N–H and O–H groups in total. The lowest BCUT2D eigenvalue weighted by Gasteiger charge is -2.24. The molecule has 0 aliphatic carbocycles. The number of unbranched alkanes of at least 4 members (excludes halogenated alkanes) is 1. The van der Waals surface area contributed by atoms with Gasteiger partial charge in [-0.15, -0.1) is 0 Å². The molecule has 0 amide bonds. The molecule has 0 bridgehead atoms. The van der Waals surface area contributed by atoms with Crippen molar-refractivity contribution in [2.75, 3.05) is 19.6 Å². The highest BCUT2D eigenvalue weighted by Crippen LogP contribution is 1.97. The first-order chi connectivity index (χ1) is 6.61. The largest absolute Gasteiger partial charge is 0.362 e. The molecule has 0 rings (SSSR count). The SMILES string of the molecule is CCCCN(CC)C(=S)NCC(C)C. The van der Waals surface area contributed by atoms with E-state index in [-0.39, 0.29) is 0 Å². The average Bonchev–Trinajstić information content (AvgIpc) is 2.16. The van der Waals surface area contributed by atoms with Gasteiger partial charge in [-0.05, 0) is 31.5 Å². The van der Waals surface area contributed by atoms with E-state index in [9.17, 15) is 0 Å². The van der Waals surface area contributed by atoms with E-state index in [1.165, 1.54) is 12.8 Å². The lowest BCUT2D eigenvalue weighted by atomic mass is 10.2. The topological polar surface area (TPSA) is 15.3 Å². The molecule has 0 saturated carbocycles. The van der Waals surface area contributed by atoms with Gasteiger partial charge in [-0.25, -0.2) is 0 Å². The molecule has 14 heavy (non-hydrogen) atoms. The molecule has 0 heterocycles. The van der Waals surface area contributed by atoms with Gasteiger partial charge in [0.1, 0.15) is 0 Å². The van der Waals surface area contributed by atoms with E-state index < -0.39 is 0 Å². The Morgan fingerprint density at radius 3 is 2.43 bits per heavy atom. The van der Waals surface area contributed by atoms with Crippen LogP contribution in [0.5, 0.6) is 0 Å². The predicted octanol–water partition coefficient (Wildman–Crippen LogP) is 2.64. The van der Waals surface area contributed by atoms with Gasteiger partial charge in [0.25, 0.3) is 0 Å². The van der Waals surface area contributed by atoms with Crippen LogP contribution in [0.4, 0.5) is 0 Å². The molecule has 0 atom stereocenters. The minimum atomic E-state index is 0.651. The zero-order valence-corrected chi connectivity index (χ0v) is 10.8. The Hall–Kier alpha value is -0.310. The molecule has 0 aromatic rings. The monoisotopic (exact) mass is 216 g/mol. The van der Waals surface area contributed by atoms with Gasteiger partial charge < -0.3 is 10.2 Å². The molecular weight excluding hydrogens is 192 g/mol. The number of nitrogens with zero attached hydrogens (tertiary/aromatic N) is 1. The maximum Gasteiger partial charge on any atom is 0.168 e. The van der Waals surface area contributed by atoms with Crippen LogP contribution < -0.4 is 5.32 Å². The zero-order valence-electron chi connectivity index (χ0n) is 9.97. The van der Waals surface area contributed by atoms with Gasteiger partial charge in [0.05, 0.1) is 0 Å². The summed E-state index contributed by atoms with van der Waals surface area (Å²) in [6.45, 7) is 11.8. The van der Waals surface area contributed by atoms with Crippen LogP contribution in [0.25, 0.3) is 0 Å². The second-order valence-electron chi connectivity index (χ2n) is 4.01. The number of thiocarbonyl (C=S) groups is 1. The molecule has 0 saturated heterocycles. The summed E-state index contributed by atoms with van der Waals surface area (Å²) >= 11 is 5.32. The third-order valence-corrected chi connectivity index (χ3v) is 2.51. The molecule has 2 nitrogen and oxygen atoms in total. The van der Waals surface area contributed by atoms with Crippen molar-refractivity contribution in [1.82, 2.24) is 10.2 Å². The second-order valence-corrected chi connectivity index (χ2v) is 4.40. The minimum Gasteiger partial charge on any atom is -0.362 e. The van der Waals surface area contributed by atoms with Crippen molar-refractivity contribution in [2.45, 2.75) is 40.5 Å². The van der Waals surface area contributed by atoms with Crippen LogP contribution in [0, 0.1) is 5.92 Å². The molecule has 0 aromatic heterocycles. The van der Waals surface area contributed by atoms with Crippen LogP contribution in [-0.2, 0) is 0 Å². The molecule has 0 fully saturated rings. The summed E-state index contributed by atoms with van der Waals surface area (Å²) < 4.78 is 0. The van der Waals surface area contributed by atoms with E-state index >= 15 is 0 Å². The van der Waals surface area contributed by atoms with Gasteiger partial charge in [-0.3, -0.25) is 0 Å². The average molecular weight is 216 g/mol. The Bertz CT molecular complexity index is 157. The molecule has 0 unspecified atom stereocenters. The first-order valence-corrected chi connectivity index (χ1v) is 6.05.